The molecule has 0 spiro atoms. The molecule has 0 saturated heterocycles. The Morgan fingerprint density at radius 3 is 2.41 bits per heavy atom. The zero-order valence-electron chi connectivity index (χ0n) is 18.3. The van der Waals surface area contributed by atoms with Crippen molar-refractivity contribution < 1.29 is 14.7 Å². The number of anilines is 3. The lowest BCUT2D eigenvalue weighted by Crippen LogP contribution is -2.39. The SMILES string of the molecule is O=C(O)N[C@H]1CC[C@H](Nc2cc(NC3CC3)c3ncc(C(=O)Nc4ccnc(Cl)c4)n3n2)CC1. The van der Waals surface area contributed by atoms with Crippen molar-refractivity contribution in [2.45, 2.75) is 56.7 Å². The number of imidazole rings is 1. The Morgan fingerprint density at radius 1 is 1.00 bits per heavy atom. The molecule has 2 fully saturated rings. The first-order chi connectivity index (χ1) is 16.4. The highest BCUT2D eigenvalue weighted by Gasteiger charge is 2.26. The van der Waals surface area contributed by atoms with Crippen molar-refractivity contribution >= 4 is 46.4 Å². The molecule has 178 valence electrons. The largest absolute Gasteiger partial charge is 0.465 e. The van der Waals surface area contributed by atoms with Crippen molar-refractivity contribution in [2.24, 2.45) is 0 Å². The van der Waals surface area contributed by atoms with Gasteiger partial charge in [-0.05, 0) is 50.7 Å². The van der Waals surface area contributed by atoms with Crippen LogP contribution < -0.4 is 21.3 Å². The zero-order chi connectivity index (χ0) is 23.7. The molecule has 0 unspecified atom stereocenters. The van der Waals surface area contributed by atoms with Crippen LogP contribution in [0.3, 0.4) is 0 Å². The van der Waals surface area contributed by atoms with Crippen molar-refractivity contribution in [1.29, 1.82) is 0 Å². The fourth-order valence-electron chi connectivity index (χ4n) is 4.19. The molecule has 3 aromatic rings. The Labute approximate surface area is 200 Å². The predicted molar refractivity (Wildman–Crippen MR) is 128 cm³/mol. The number of rotatable bonds is 7. The average molecular weight is 485 g/mol. The van der Waals surface area contributed by atoms with Gasteiger partial charge in [0, 0.05) is 36.1 Å². The third kappa shape index (κ3) is 5.14. The van der Waals surface area contributed by atoms with Crippen LogP contribution in [0, 0.1) is 0 Å². The minimum Gasteiger partial charge on any atom is -0.465 e. The predicted octanol–water partition coefficient (Wildman–Crippen LogP) is 3.60. The van der Waals surface area contributed by atoms with E-state index in [1.165, 1.54) is 12.4 Å². The smallest absolute Gasteiger partial charge is 0.404 e. The summed E-state index contributed by atoms with van der Waals surface area (Å²) in [6.45, 7) is 0. The number of hydrogen-bond donors (Lipinski definition) is 5. The Hall–Kier alpha value is -3.60. The van der Waals surface area contributed by atoms with E-state index in [9.17, 15) is 9.59 Å². The van der Waals surface area contributed by atoms with Crippen LogP contribution in [0.2, 0.25) is 5.15 Å². The maximum Gasteiger partial charge on any atom is 0.404 e. The topological polar surface area (TPSA) is 146 Å². The second-order valence-electron chi connectivity index (χ2n) is 8.70. The van der Waals surface area contributed by atoms with Gasteiger partial charge in [0.2, 0.25) is 0 Å². The zero-order valence-corrected chi connectivity index (χ0v) is 19.0. The molecule has 0 aromatic carbocycles. The highest BCUT2D eigenvalue weighted by atomic mass is 35.5. The minimum atomic E-state index is -0.987. The van der Waals surface area contributed by atoms with E-state index in [4.69, 9.17) is 16.7 Å². The number of carbonyl (C=O) groups excluding carboxylic acids is 1. The number of fused-ring (bicyclic) bond motifs is 1. The summed E-state index contributed by atoms with van der Waals surface area (Å²) in [5.74, 6) is 0.265. The monoisotopic (exact) mass is 484 g/mol. The van der Waals surface area contributed by atoms with Gasteiger partial charge in [-0.2, -0.15) is 0 Å². The molecule has 0 bridgehead atoms. The lowest BCUT2D eigenvalue weighted by atomic mass is 9.91. The standard InChI is InChI=1S/C22H25ClN8O3/c23-18-9-15(7-8-24-18)28-21(32)17-11-25-20-16(26-12-1-2-12)10-19(30-31(17)20)27-13-3-5-14(6-4-13)29-22(33)34/h7-14,26,29H,1-6H2,(H,27,30)(H,33,34)(H,24,28,32)/t13-,14-. The summed E-state index contributed by atoms with van der Waals surface area (Å²) in [6.07, 6.45) is 7.37. The number of nitrogens with one attached hydrogen (secondary N) is 4. The molecule has 34 heavy (non-hydrogen) atoms. The highest BCUT2D eigenvalue weighted by molar-refractivity contribution is 6.29. The van der Waals surface area contributed by atoms with E-state index in [1.54, 1.807) is 16.6 Å². The Morgan fingerprint density at radius 2 is 1.71 bits per heavy atom. The van der Waals surface area contributed by atoms with Crippen LogP contribution in [0.1, 0.15) is 49.0 Å². The summed E-state index contributed by atoms with van der Waals surface area (Å²) in [5, 5.41) is 26.2. The van der Waals surface area contributed by atoms with Gasteiger partial charge >= 0.3 is 6.09 Å². The van der Waals surface area contributed by atoms with Gasteiger partial charge in [-0.1, -0.05) is 11.6 Å². The number of pyridine rings is 1. The van der Waals surface area contributed by atoms with Crippen LogP contribution in [0.15, 0.2) is 30.6 Å². The second kappa shape index (κ2) is 9.34. The lowest BCUT2D eigenvalue weighted by molar-refractivity contribution is 0.102. The Kier molecular flexibility index (Phi) is 6.10. The van der Waals surface area contributed by atoms with E-state index in [0.717, 1.165) is 44.2 Å². The molecule has 2 aliphatic rings. The maximum atomic E-state index is 13.0. The fourth-order valence-corrected chi connectivity index (χ4v) is 4.36. The molecule has 12 heteroatoms. The van der Waals surface area contributed by atoms with Crippen LogP contribution in [0.4, 0.5) is 22.0 Å². The van der Waals surface area contributed by atoms with E-state index in [1.807, 2.05) is 6.07 Å². The highest BCUT2D eigenvalue weighted by Crippen LogP contribution is 2.30. The molecule has 5 N–H and O–H groups in total. The number of carbonyl (C=O) groups is 2. The molecule has 11 nitrogen and oxygen atoms in total. The van der Waals surface area contributed by atoms with E-state index < -0.39 is 6.09 Å². The molecule has 0 atom stereocenters. The maximum absolute atomic E-state index is 13.0. The summed E-state index contributed by atoms with van der Waals surface area (Å²) in [7, 11) is 0. The molecule has 0 radical (unpaired) electrons. The normalized spacial score (nSPS) is 20.0. The molecule has 5 rings (SSSR count). The Balaban J connectivity index is 1.38. The van der Waals surface area contributed by atoms with Crippen LogP contribution in [0.5, 0.6) is 0 Å². The molecule has 3 heterocycles. The van der Waals surface area contributed by atoms with Crippen LogP contribution >= 0.6 is 11.6 Å². The molecular formula is C22H25ClN8O3. The summed E-state index contributed by atoms with van der Waals surface area (Å²) in [4.78, 5) is 32.3. The van der Waals surface area contributed by atoms with Gasteiger partial charge in [0.05, 0.1) is 11.9 Å². The van der Waals surface area contributed by atoms with Crippen LogP contribution in [-0.4, -0.2) is 54.8 Å². The van der Waals surface area contributed by atoms with Crippen molar-refractivity contribution in [3.63, 3.8) is 0 Å². The van der Waals surface area contributed by atoms with E-state index in [-0.39, 0.29) is 23.1 Å². The molecule has 2 amide bonds. The van der Waals surface area contributed by atoms with Gasteiger partial charge in [0.1, 0.15) is 11.0 Å². The summed E-state index contributed by atoms with van der Waals surface area (Å²) < 4.78 is 1.54. The van der Waals surface area contributed by atoms with Crippen molar-refractivity contribution in [2.75, 3.05) is 16.0 Å². The number of nitrogens with zero attached hydrogens (tertiary/aromatic N) is 4. The van der Waals surface area contributed by atoms with Gasteiger partial charge in [-0.3, -0.25) is 4.79 Å². The molecule has 0 aliphatic heterocycles. The van der Waals surface area contributed by atoms with Crippen molar-refractivity contribution in [1.82, 2.24) is 24.9 Å². The summed E-state index contributed by atoms with van der Waals surface area (Å²) in [5.41, 5.74) is 2.20. The van der Waals surface area contributed by atoms with Gasteiger partial charge < -0.3 is 26.4 Å². The van der Waals surface area contributed by atoms with Gasteiger partial charge in [0.15, 0.2) is 11.3 Å². The van der Waals surface area contributed by atoms with Crippen LogP contribution in [0.25, 0.3) is 5.65 Å². The summed E-state index contributed by atoms with van der Waals surface area (Å²) in [6, 6.07) is 5.67. The van der Waals surface area contributed by atoms with Crippen molar-refractivity contribution in [3.8, 4) is 0 Å². The number of hydrogen-bond acceptors (Lipinski definition) is 7. The van der Waals surface area contributed by atoms with Crippen molar-refractivity contribution in [3.05, 3.63) is 41.4 Å². The van der Waals surface area contributed by atoms with E-state index in [2.05, 4.69) is 36.3 Å². The lowest BCUT2D eigenvalue weighted by Gasteiger charge is -2.29. The quantitative estimate of drug-likeness (QED) is 0.320. The first-order valence-electron chi connectivity index (χ1n) is 11.3. The van der Waals surface area contributed by atoms with Gasteiger partial charge in [0.25, 0.3) is 5.91 Å². The number of aromatic nitrogens is 4. The number of amides is 2. The summed E-state index contributed by atoms with van der Waals surface area (Å²) >= 11 is 5.93. The molecule has 3 aromatic heterocycles. The number of halogens is 1. The molecular weight excluding hydrogens is 460 g/mol. The molecule has 2 aliphatic carbocycles. The average Bonchev–Trinajstić information content (AvgIpc) is 3.50. The minimum absolute atomic E-state index is 0.0243. The van der Waals surface area contributed by atoms with E-state index in [0.29, 0.717) is 28.9 Å². The van der Waals surface area contributed by atoms with Gasteiger partial charge in [-0.25, -0.2) is 19.3 Å². The Bertz CT molecular complexity index is 1220. The van der Waals surface area contributed by atoms with Gasteiger partial charge in [-0.15, -0.1) is 5.10 Å². The second-order valence-corrected chi connectivity index (χ2v) is 9.09. The van der Waals surface area contributed by atoms with E-state index >= 15 is 0 Å². The third-order valence-corrected chi connectivity index (χ3v) is 6.24. The third-order valence-electron chi connectivity index (χ3n) is 6.03. The fraction of sp³-hybridized carbons (Fsp3) is 0.409. The number of carboxylic acid groups (broad SMARTS) is 1. The first-order valence-corrected chi connectivity index (χ1v) is 11.7. The molecule has 2 saturated carbocycles. The first kappa shape index (κ1) is 22.2. The van der Waals surface area contributed by atoms with Crippen LogP contribution in [-0.2, 0) is 0 Å².